The topological polar surface area (TPSA) is 98.8 Å². The summed E-state index contributed by atoms with van der Waals surface area (Å²) in [4.78, 5) is 10.8. The van der Waals surface area contributed by atoms with Gasteiger partial charge in [-0.05, 0) is 12.1 Å². The standard InChI is InChI=1S/C8H10NO5PS/c1-13-15(12,16-9)14-7-5-3-2-4-6(7)8(10)11/h2-5H,9H2,1H3,(H,10,11). The Morgan fingerprint density at radius 3 is 2.62 bits per heavy atom. The molecule has 0 aliphatic carbocycles. The van der Waals surface area contributed by atoms with E-state index in [0.29, 0.717) is 11.6 Å². The summed E-state index contributed by atoms with van der Waals surface area (Å²) in [6.45, 7) is -3.54. The second kappa shape index (κ2) is 5.36. The molecule has 0 aliphatic rings. The normalized spacial score (nSPS) is 14.1. The molecule has 6 nitrogen and oxygen atoms in total. The molecule has 0 saturated heterocycles. The van der Waals surface area contributed by atoms with Gasteiger partial charge in [-0.15, -0.1) is 0 Å². The number of carboxylic acid groups (broad SMARTS) is 1. The molecule has 0 bridgehead atoms. The Kier molecular flexibility index (Phi) is 4.37. The van der Waals surface area contributed by atoms with Crippen molar-refractivity contribution < 1.29 is 23.5 Å². The van der Waals surface area contributed by atoms with Gasteiger partial charge in [0.25, 0.3) is 0 Å². The Labute approximate surface area is 96.2 Å². The smallest absolute Gasteiger partial charge is 0.454 e. The number of rotatable bonds is 5. The lowest BCUT2D eigenvalue weighted by atomic mass is 10.2. The van der Waals surface area contributed by atoms with E-state index in [4.69, 9.17) is 14.8 Å². The van der Waals surface area contributed by atoms with E-state index in [-0.39, 0.29) is 11.3 Å². The third-order valence-corrected chi connectivity index (χ3v) is 4.25. The van der Waals surface area contributed by atoms with Crippen molar-refractivity contribution in [3.8, 4) is 5.75 Å². The first-order valence-electron chi connectivity index (χ1n) is 4.08. The molecule has 1 atom stereocenters. The van der Waals surface area contributed by atoms with E-state index in [0.717, 1.165) is 0 Å². The second-order valence-electron chi connectivity index (χ2n) is 2.63. The number of nitrogens with two attached hydrogens (primary N) is 1. The van der Waals surface area contributed by atoms with Crippen molar-refractivity contribution in [2.45, 2.75) is 0 Å². The van der Waals surface area contributed by atoms with E-state index in [9.17, 15) is 9.36 Å². The van der Waals surface area contributed by atoms with E-state index in [1.165, 1.54) is 25.3 Å². The number of hydrogen-bond donors (Lipinski definition) is 2. The van der Waals surface area contributed by atoms with Crippen LogP contribution in [-0.2, 0) is 9.09 Å². The number of benzene rings is 1. The fourth-order valence-electron chi connectivity index (χ4n) is 0.945. The van der Waals surface area contributed by atoms with Crippen molar-refractivity contribution in [2.75, 3.05) is 7.11 Å². The Bertz CT molecular complexity index is 430. The van der Waals surface area contributed by atoms with Crippen LogP contribution in [0.4, 0.5) is 0 Å². The van der Waals surface area contributed by atoms with Crippen LogP contribution >= 0.6 is 18.4 Å². The van der Waals surface area contributed by atoms with Gasteiger partial charge in [0.2, 0.25) is 0 Å². The van der Waals surface area contributed by atoms with E-state index >= 15 is 0 Å². The molecule has 1 unspecified atom stereocenters. The zero-order valence-corrected chi connectivity index (χ0v) is 10.0. The van der Waals surface area contributed by atoms with Gasteiger partial charge >= 0.3 is 12.8 Å². The third kappa shape index (κ3) is 2.99. The minimum atomic E-state index is -3.54. The van der Waals surface area contributed by atoms with E-state index in [2.05, 4.69) is 4.52 Å². The molecule has 3 N–H and O–H groups in total. The van der Waals surface area contributed by atoms with Crippen LogP contribution in [0.3, 0.4) is 0 Å². The van der Waals surface area contributed by atoms with Gasteiger partial charge in [-0.1, -0.05) is 12.1 Å². The lowest BCUT2D eigenvalue weighted by Crippen LogP contribution is -2.02. The molecule has 8 heteroatoms. The average molecular weight is 263 g/mol. The molecular formula is C8H10NO5PS. The van der Waals surface area contributed by atoms with Gasteiger partial charge in [-0.2, -0.15) is 0 Å². The predicted octanol–water partition coefficient (Wildman–Crippen LogP) is 2.12. The number of aromatic carboxylic acids is 1. The monoisotopic (exact) mass is 263 g/mol. The van der Waals surface area contributed by atoms with Crippen molar-refractivity contribution in [2.24, 2.45) is 5.14 Å². The highest BCUT2D eigenvalue weighted by molar-refractivity contribution is 8.54. The van der Waals surface area contributed by atoms with E-state index in [1.54, 1.807) is 6.07 Å². The van der Waals surface area contributed by atoms with E-state index in [1.807, 2.05) is 0 Å². The predicted molar refractivity (Wildman–Crippen MR) is 60.4 cm³/mol. The van der Waals surface area contributed by atoms with Gasteiger partial charge < -0.3 is 9.63 Å². The summed E-state index contributed by atoms with van der Waals surface area (Å²) in [5, 5.41) is 14.0. The van der Waals surface area contributed by atoms with Crippen LogP contribution in [0.25, 0.3) is 0 Å². The maximum atomic E-state index is 11.7. The molecule has 0 aliphatic heterocycles. The Morgan fingerprint density at radius 1 is 1.50 bits per heavy atom. The van der Waals surface area contributed by atoms with Crippen molar-refractivity contribution in [3.05, 3.63) is 29.8 Å². The van der Waals surface area contributed by atoms with Gasteiger partial charge in [-0.3, -0.25) is 9.66 Å². The molecule has 0 amide bonds. The maximum absolute atomic E-state index is 11.7. The SMILES string of the molecule is COP(=O)(Oc1ccccc1C(=O)O)SN. The zero-order valence-electron chi connectivity index (χ0n) is 8.32. The summed E-state index contributed by atoms with van der Waals surface area (Å²) in [7, 11) is 1.17. The highest BCUT2D eigenvalue weighted by Gasteiger charge is 2.26. The number of para-hydroxylation sites is 1. The van der Waals surface area contributed by atoms with Crippen molar-refractivity contribution in [1.82, 2.24) is 0 Å². The first-order valence-corrected chi connectivity index (χ1v) is 7.11. The Morgan fingerprint density at radius 2 is 2.12 bits per heavy atom. The van der Waals surface area contributed by atoms with Crippen LogP contribution in [0, 0.1) is 0 Å². The van der Waals surface area contributed by atoms with Crippen LogP contribution in [-0.4, -0.2) is 18.2 Å². The lowest BCUT2D eigenvalue weighted by Gasteiger charge is -2.15. The van der Waals surface area contributed by atoms with Gasteiger partial charge in [0.15, 0.2) is 0 Å². The molecule has 0 spiro atoms. The van der Waals surface area contributed by atoms with Crippen molar-refractivity contribution in [3.63, 3.8) is 0 Å². The first-order chi connectivity index (χ1) is 7.52. The van der Waals surface area contributed by atoms with Crippen LogP contribution in [0.2, 0.25) is 0 Å². The molecular weight excluding hydrogens is 253 g/mol. The van der Waals surface area contributed by atoms with Crippen LogP contribution in [0.5, 0.6) is 5.75 Å². The highest BCUT2D eigenvalue weighted by Crippen LogP contribution is 2.56. The largest absolute Gasteiger partial charge is 0.478 e. The minimum Gasteiger partial charge on any atom is -0.478 e. The van der Waals surface area contributed by atoms with Crippen LogP contribution in [0.1, 0.15) is 10.4 Å². The minimum absolute atomic E-state index is 0.0434. The highest BCUT2D eigenvalue weighted by atomic mass is 32.7. The first kappa shape index (κ1) is 13.1. The van der Waals surface area contributed by atoms with Crippen molar-refractivity contribution in [1.29, 1.82) is 0 Å². The van der Waals surface area contributed by atoms with Gasteiger partial charge in [0, 0.05) is 7.11 Å². The molecule has 1 rings (SSSR count). The summed E-state index contributed by atoms with van der Waals surface area (Å²) in [5.74, 6) is -1.22. The van der Waals surface area contributed by atoms with Gasteiger partial charge in [0.05, 0.1) is 11.6 Å². The Hall–Kier alpha value is -1.01. The molecule has 0 radical (unpaired) electrons. The van der Waals surface area contributed by atoms with Crippen molar-refractivity contribution >= 4 is 24.3 Å². The molecule has 0 saturated carbocycles. The summed E-state index contributed by atoms with van der Waals surface area (Å²) in [6, 6.07) is 5.80. The summed E-state index contributed by atoms with van der Waals surface area (Å²) < 4.78 is 21.3. The van der Waals surface area contributed by atoms with Gasteiger partial charge in [0.1, 0.15) is 11.3 Å². The molecule has 16 heavy (non-hydrogen) atoms. The number of hydrogen-bond acceptors (Lipinski definition) is 6. The second-order valence-corrected chi connectivity index (χ2v) is 6.25. The number of carbonyl (C=O) groups is 1. The fraction of sp³-hybridized carbons (Fsp3) is 0.125. The summed E-state index contributed by atoms with van der Waals surface area (Å²) in [5.41, 5.74) is -0.103. The third-order valence-electron chi connectivity index (χ3n) is 1.68. The molecule has 0 aromatic heterocycles. The lowest BCUT2D eigenvalue weighted by molar-refractivity contribution is 0.0695. The summed E-state index contributed by atoms with van der Waals surface area (Å²) >= 11 is 0.406. The van der Waals surface area contributed by atoms with E-state index < -0.39 is 12.8 Å². The maximum Gasteiger partial charge on any atom is 0.454 e. The molecule has 1 aromatic rings. The van der Waals surface area contributed by atoms with Gasteiger partial charge in [-0.25, -0.2) is 9.36 Å². The average Bonchev–Trinajstić information content (AvgIpc) is 2.29. The number of carboxylic acids is 1. The Balaban J connectivity index is 3.06. The van der Waals surface area contributed by atoms with Crippen LogP contribution < -0.4 is 9.66 Å². The summed E-state index contributed by atoms with van der Waals surface area (Å²) in [6.07, 6.45) is 0. The quantitative estimate of drug-likeness (QED) is 0.620. The molecule has 1 aromatic carbocycles. The fourth-order valence-corrected chi connectivity index (χ4v) is 2.18. The molecule has 0 fully saturated rings. The zero-order chi connectivity index (χ0) is 12.2. The molecule has 88 valence electrons. The van der Waals surface area contributed by atoms with Crippen LogP contribution in [0.15, 0.2) is 24.3 Å². The molecule has 0 heterocycles.